The molecular formula is C36H61N11O11. The number of β-amino-alcohol motifs (C(OH)–C–C–N with tert-alkyl or cyclic N) is 1. The fourth-order valence-corrected chi connectivity index (χ4v) is 6.38. The van der Waals surface area contributed by atoms with Crippen molar-refractivity contribution in [2.45, 2.75) is 122 Å². The predicted molar refractivity (Wildman–Crippen MR) is 206 cm³/mol. The summed E-state index contributed by atoms with van der Waals surface area (Å²) in [7, 11) is 0. The highest BCUT2D eigenvalue weighted by atomic mass is 16.3. The molecule has 22 nitrogen and oxygen atoms in total. The second kappa shape index (κ2) is 23.8. The molecule has 2 rings (SSSR count). The molecule has 2 heterocycles. The average molecular weight is 824 g/mol. The lowest BCUT2D eigenvalue weighted by Crippen LogP contribution is -2.57. The molecule has 0 aliphatic carbocycles. The average Bonchev–Trinajstić information content (AvgIpc) is 3.82. The molecule has 0 radical (unpaired) electrons. The van der Waals surface area contributed by atoms with Gasteiger partial charge in [-0.15, -0.1) is 0 Å². The first kappa shape index (κ1) is 48.8. The topological polar surface area (TPSA) is 342 Å². The first-order valence-corrected chi connectivity index (χ1v) is 19.5. The summed E-state index contributed by atoms with van der Waals surface area (Å²) in [5.41, 5.74) is 10.6. The van der Waals surface area contributed by atoms with Crippen LogP contribution in [0.1, 0.15) is 79.6 Å². The largest absolute Gasteiger partial charge is 0.392 e. The standard InChI is InChI=1S/C36H61N11O11/c1-18(2)11-24(46-35(57)22(8-9-27(37)49)44-28(50)15-40-33(55)23-13-21(48)14-39-23)34(56)41-16-29(51)45-25(12-19(3)4)36(58)43-20(5)32(54)42-17-30(52)47-10-6-7-26(47)31(38)53/h18-26,39,48H,6-17H2,1-5H3,(H2,37,49)(H2,38,53)(H,40,55)(H,41,56)(H,42,54)(H,43,58)(H,44,50)(H,45,51)(H,46,57)/t20-,21+,22-,23-,24-,25-,26-/m0/s1. The number of nitrogens with two attached hydrogens (primary N) is 2. The molecule has 58 heavy (non-hydrogen) atoms. The van der Waals surface area contributed by atoms with Gasteiger partial charge in [0.05, 0.1) is 31.8 Å². The molecule has 2 aliphatic heterocycles. The number of rotatable bonds is 23. The zero-order chi connectivity index (χ0) is 43.7. The van der Waals surface area contributed by atoms with Gasteiger partial charge in [-0.1, -0.05) is 27.7 Å². The Labute approximate surface area is 337 Å². The Hall–Kier alpha value is -5.38. The number of nitrogens with zero attached hydrogens (tertiary/aromatic N) is 1. The minimum Gasteiger partial charge on any atom is -0.392 e. The minimum absolute atomic E-state index is 0.0886. The van der Waals surface area contributed by atoms with E-state index in [0.717, 1.165) is 0 Å². The van der Waals surface area contributed by atoms with Gasteiger partial charge in [-0.2, -0.15) is 0 Å². The minimum atomic E-state index is -1.33. The van der Waals surface area contributed by atoms with Crippen molar-refractivity contribution < 1.29 is 53.1 Å². The number of likely N-dealkylation sites (tertiary alicyclic amines) is 1. The van der Waals surface area contributed by atoms with Crippen molar-refractivity contribution >= 4 is 59.1 Å². The zero-order valence-electron chi connectivity index (χ0n) is 33.8. The third kappa shape index (κ3) is 17.0. The van der Waals surface area contributed by atoms with Crippen LogP contribution in [0.3, 0.4) is 0 Å². The smallest absolute Gasteiger partial charge is 0.243 e. The third-order valence-electron chi connectivity index (χ3n) is 9.37. The van der Waals surface area contributed by atoms with Crippen molar-refractivity contribution in [3.63, 3.8) is 0 Å². The number of amides is 10. The van der Waals surface area contributed by atoms with Crippen molar-refractivity contribution in [1.29, 1.82) is 0 Å². The molecule has 0 spiro atoms. The second-order valence-electron chi connectivity index (χ2n) is 15.4. The van der Waals surface area contributed by atoms with E-state index in [1.54, 1.807) is 13.8 Å². The molecule has 2 aliphatic rings. The van der Waals surface area contributed by atoms with Crippen LogP contribution in [0.25, 0.3) is 0 Å². The van der Waals surface area contributed by atoms with Gasteiger partial charge in [0.2, 0.25) is 59.1 Å². The summed E-state index contributed by atoms with van der Waals surface area (Å²) < 4.78 is 0. The second-order valence-corrected chi connectivity index (χ2v) is 15.4. The maximum Gasteiger partial charge on any atom is 0.243 e. The van der Waals surface area contributed by atoms with E-state index in [-0.39, 0.29) is 50.5 Å². The van der Waals surface area contributed by atoms with E-state index >= 15 is 0 Å². The van der Waals surface area contributed by atoms with Crippen molar-refractivity contribution in [3.05, 3.63) is 0 Å². The fraction of sp³-hybridized carbons (Fsp3) is 0.722. The van der Waals surface area contributed by atoms with Crippen LogP contribution >= 0.6 is 0 Å². The predicted octanol–water partition coefficient (Wildman–Crippen LogP) is -5.15. The molecule has 2 fully saturated rings. The molecule has 326 valence electrons. The Morgan fingerprint density at radius 2 is 1.26 bits per heavy atom. The molecule has 0 aromatic carbocycles. The number of nitrogens with one attached hydrogen (secondary N) is 8. The number of primary amides is 2. The lowest BCUT2D eigenvalue weighted by Gasteiger charge is -2.25. The molecule has 0 aromatic rings. The van der Waals surface area contributed by atoms with E-state index in [1.807, 2.05) is 13.8 Å². The maximum atomic E-state index is 13.4. The normalized spacial score (nSPS) is 19.6. The molecule has 2 saturated heterocycles. The molecule has 0 saturated carbocycles. The lowest BCUT2D eigenvalue weighted by atomic mass is 10.0. The van der Waals surface area contributed by atoms with Crippen LogP contribution in [0.4, 0.5) is 0 Å². The summed E-state index contributed by atoms with van der Waals surface area (Å²) in [5.74, 6) is -7.10. The number of carbonyl (C=O) groups is 10. The van der Waals surface area contributed by atoms with Gasteiger partial charge < -0.3 is 64.0 Å². The molecule has 0 bridgehead atoms. The van der Waals surface area contributed by atoms with Crippen LogP contribution in [0.15, 0.2) is 0 Å². The highest BCUT2D eigenvalue weighted by Gasteiger charge is 2.34. The first-order valence-electron chi connectivity index (χ1n) is 19.5. The van der Waals surface area contributed by atoms with E-state index in [9.17, 15) is 53.1 Å². The Kier molecular flexibility index (Phi) is 20.0. The molecule has 0 aromatic heterocycles. The SMILES string of the molecule is CC(C)C[C@H](NC(=O)CNC(=O)[C@H](CC(C)C)NC(=O)[C@H](CCC(N)=O)NC(=O)CNC(=O)[C@@H]1C[C@@H](O)CN1)C(=O)N[C@@H](C)C(=O)NCC(=O)N1CCC[C@H]1C(N)=O. The van der Waals surface area contributed by atoms with Crippen LogP contribution in [0.5, 0.6) is 0 Å². The summed E-state index contributed by atoms with van der Waals surface area (Å²) in [4.78, 5) is 128. The van der Waals surface area contributed by atoms with Crippen LogP contribution in [0.2, 0.25) is 0 Å². The first-order chi connectivity index (χ1) is 27.2. The highest BCUT2D eigenvalue weighted by molar-refractivity contribution is 5.96. The lowest BCUT2D eigenvalue weighted by molar-refractivity contribution is -0.138. The maximum absolute atomic E-state index is 13.4. The van der Waals surface area contributed by atoms with E-state index in [0.29, 0.717) is 19.4 Å². The summed E-state index contributed by atoms with van der Waals surface area (Å²) in [6.45, 7) is 7.60. The van der Waals surface area contributed by atoms with Gasteiger partial charge >= 0.3 is 0 Å². The summed E-state index contributed by atoms with van der Waals surface area (Å²) in [5, 5.41) is 29.8. The number of aliphatic hydroxyl groups excluding tert-OH is 1. The number of carbonyl (C=O) groups excluding carboxylic acids is 10. The highest BCUT2D eigenvalue weighted by Crippen LogP contribution is 2.16. The van der Waals surface area contributed by atoms with Gasteiger partial charge in [-0.05, 0) is 57.3 Å². The van der Waals surface area contributed by atoms with Crippen LogP contribution in [0, 0.1) is 11.8 Å². The Bertz CT molecular complexity index is 1530. The Morgan fingerprint density at radius 3 is 1.81 bits per heavy atom. The Balaban J connectivity index is 1.98. The van der Waals surface area contributed by atoms with E-state index in [1.165, 1.54) is 11.8 Å². The van der Waals surface area contributed by atoms with Crippen molar-refractivity contribution in [2.24, 2.45) is 23.3 Å². The van der Waals surface area contributed by atoms with Crippen LogP contribution in [-0.2, 0) is 47.9 Å². The van der Waals surface area contributed by atoms with E-state index in [2.05, 4.69) is 42.5 Å². The van der Waals surface area contributed by atoms with Crippen molar-refractivity contribution in [3.8, 4) is 0 Å². The van der Waals surface area contributed by atoms with Crippen molar-refractivity contribution in [1.82, 2.24) is 47.4 Å². The number of hydrogen-bond donors (Lipinski definition) is 11. The summed E-state index contributed by atoms with van der Waals surface area (Å²) >= 11 is 0. The van der Waals surface area contributed by atoms with Gasteiger partial charge in [0.25, 0.3) is 0 Å². The summed E-state index contributed by atoms with van der Waals surface area (Å²) in [6.07, 6.45) is 0.260. The fourth-order valence-electron chi connectivity index (χ4n) is 6.38. The molecule has 22 heteroatoms. The molecular weight excluding hydrogens is 762 g/mol. The van der Waals surface area contributed by atoms with E-state index < -0.39 is 121 Å². The molecule has 0 unspecified atom stereocenters. The Morgan fingerprint density at radius 1 is 0.707 bits per heavy atom. The quantitative estimate of drug-likeness (QED) is 0.0461. The van der Waals surface area contributed by atoms with Crippen molar-refractivity contribution in [2.75, 3.05) is 32.7 Å². The van der Waals surface area contributed by atoms with Gasteiger partial charge in [-0.3, -0.25) is 47.9 Å². The third-order valence-corrected chi connectivity index (χ3v) is 9.37. The van der Waals surface area contributed by atoms with Crippen LogP contribution in [-0.4, -0.2) is 144 Å². The monoisotopic (exact) mass is 823 g/mol. The number of aliphatic hydroxyl groups is 1. The van der Waals surface area contributed by atoms with Crippen LogP contribution < -0.4 is 54.0 Å². The van der Waals surface area contributed by atoms with Gasteiger partial charge in [0.1, 0.15) is 30.2 Å². The van der Waals surface area contributed by atoms with E-state index in [4.69, 9.17) is 11.5 Å². The van der Waals surface area contributed by atoms with Gasteiger partial charge in [0, 0.05) is 19.5 Å². The van der Waals surface area contributed by atoms with Gasteiger partial charge in [0.15, 0.2) is 0 Å². The van der Waals surface area contributed by atoms with Gasteiger partial charge in [-0.25, -0.2) is 0 Å². The number of hydrogen-bond acceptors (Lipinski definition) is 12. The summed E-state index contributed by atoms with van der Waals surface area (Å²) in [6, 6.07) is -6.19. The zero-order valence-corrected chi connectivity index (χ0v) is 33.8. The molecule has 10 amide bonds. The molecule has 7 atom stereocenters. The molecule has 13 N–H and O–H groups in total.